The van der Waals surface area contributed by atoms with E-state index in [1.807, 2.05) is 13.8 Å². The van der Waals surface area contributed by atoms with Gasteiger partial charge in [0.05, 0.1) is 7.11 Å². The first-order valence-electron chi connectivity index (χ1n) is 6.17. The van der Waals surface area contributed by atoms with E-state index in [2.05, 4.69) is 5.32 Å². The Labute approximate surface area is 113 Å². The number of hydrogen-bond donors (Lipinski definition) is 2. The van der Waals surface area contributed by atoms with E-state index < -0.39 is 0 Å². The summed E-state index contributed by atoms with van der Waals surface area (Å²) in [6, 6.07) is 4.22. The number of methoxy groups -OCH3 is 1. The number of amides is 1. The van der Waals surface area contributed by atoms with Crippen molar-refractivity contribution in [3.63, 3.8) is 0 Å². The maximum atomic E-state index is 13.1. The molecule has 1 amide bonds. The predicted molar refractivity (Wildman–Crippen MR) is 72.3 cm³/mol. The molecule has 3 N–H and O–H groups in total. The fourth-order valence-electron chi connectivity index (χ4n) is 1.65. The molecule has 5 heteroatoms. The van der Waals surface area contributed by atoms with Gasteiger partial charge in [-0.1, -0.05) is 13.8 Å². The number of carbonyl (C=O) groups is 1. The number of nitrogens with one attached hydrogen (secondary N) is 1. The van der Waals surface area contributed by atoms with Gasteiger partial charge in [0.1, 0.15) is 11.6 Å². The van der Waals surface area contributed by atoms with Gasteiger partial charge in [-0.05, 0) is 30.2 Å². The number of rotatable bonds is 6. The monoisotopic (exact) mass is 268 g/mol. The Morgan fingerprint density at radius 1 is 1.47 bits per heavy atom. The first-order chi connectivity index (χ1) is 8.88. The quantitative estimate of drug-likeness (QED) is 0.827. The SMILES string of the molecule is COc1ccc(F)cc1CNC(=O)CC(C)(C)CN. The van der Waals surface area contributed by atoms with Gasteiger partial charge in [0.15, 0.2) is 0 Å². The second kappa shape index (κ2) is 6.52. The summed E-state index contributed by atoms with van der Waals surface area (Å²) in [7, 11) is 1.51. The number of carbonyl (C=O) groups excluding carboxylic acids is 1. The van der Waals surface area contributed by atoms with Crippen LogP contribution in [0.1, 0.15) is 25.8 Å². The van der Waals surface area contributed by atoms with Gasteiger partial charge in [0.25, 0.3) is 0 Å². The van der Waals surface area contributed by atoms with Crippen LogP contribution in [0.15, 0.2) is 18.2 Å². The van der Waals surface area contributed by atoms with E-state index in [0.717, 1.165) is 0 Å². The van der Waals surface area contributed by atoms with E-state index >= 15 is 0 Å². The normalized spacial score (nSPS) is 11.2. The first kappa shape index (κ1) is 15.4. The van der Waals surface area contributed by atoms with E-state index in [1.54, 1.807) is 6.07 Å². The van der Waals surface area contributed by atoms with Gasteiger partial charge >= 0.3 is 0 Å². The molecule has 1 aromatic rings. The standard InChI is InChI=1S/C14H21FN2O2/c1-14(2,9-16)7-13(18)17-8-10-6-11(15)4-5-12(10)19-3/h4-6H,7-9,16H2,1-3H3,(H,17,18). The maximum absolute atomic E-state index is 13.1. The van der Waals surface area contributed by atoms with Gasteiger partial charge in [-0.15, -0.1) is 0 Å². The van der Waals surface area contributed by atoms with Crippen molar-refractivity contribution in [2.75, 3.05) is 13.7 Å². The highest BCUT2D eigenvalue weighted by atomic mass is 19.1. The molecule has 0 atom stereocenters. The van der Waals surface area contributed by atoms with Crippen molar-refractivity contribution in [2.24, 2.45) is 11.1 Å². The third-order valence-electron chi connectivity index (χ3n) is 2.91. The third-order valence-corrected chi connectivity index (χ3v) is 2.91. The molecule has 1 aromatic carbocycles. The topological polar surface area (TPSA) is 64.3 Å². The molecule has 0 saturated heterocycles. The second-order valence-corrected chi connectivity index (χ2v) is 5.28. The lowest BCUT2D eigenvalue weighted by molar-refractivity contribution is -0.123. The van der Waals surface area contributed by atoms with E-state index in [0.29, 0.717) is 24.3 Å². The molecule has 0 bridgehead atoms. The highest BCUT2D eigenvalue weighted by Gasteiger charge is 2.20. The van der Waals surface area contributed by atoms with Crippen LogP contribution in [0.4, 0.5) is 4.39 Å². The highest BCUT2D eigenvalue weighted by molar-refractivity contribution is 5.76. The van der Waals surface area contributed by atoms with Crippen LogP contribution in [0.2, 0.25) is 0 Å². The van der Waals surface area contributed by atoms with Crippen molar-refractivity contribution in [1.29, 1.82) is 0 Å². The van der Waals surface area contributed by atoms with Crippen molar-refractivity contribution in [1.82, 2.24) is 5.32 Å². The smallest absolute Gasteiger partial charge is 0.220 e. The molecule has 0 aliphatic rings. The lowest BCUT2D eigenvalue weighted by atomic mass is 9.89. The Morgan fingerprint density at radius 3 is 2.74 bits per heavy atom. The average molecular weight is 268 g/mol. The van der Waals surface area contributed by atoms with E-state index in [4.69, 9.17) is 10.5 Å². The second-order valence-electron chi connectivity index (χ2n) is 5.28. The molecule has 106 valence electrons. The molecule has 4 nitrogen and oxygen atoms in total. The highest BCUT2D eigenvalue weighted by Crippen LogP contribution is 2.20. The lowest BCUT2D eigenvalue weighted by Crippen LogP contribution is -2.32. The third kappa shape index (κ3) is 4.87. The Kier molecular flexibility index (Phi) is 5.30. The fourth-order valence-corrected chi connectivity index (χ4v) is 1.65. The maximum Gasteiger partial charge on any atom is 0.220 e. The lowest BCUT2D eigenvalue weighted by Gasteiger charge is -2.21. The zero-order valence-corrected chi connectivity index (χ0v) is 11.6. The molecule has 0 saturated carbocycles. The van der Waals surface area contributed by atoms with Crippen molar-refractivity contribution in [3.05, 3.63) is 29.6 Å². The Morgan fingerprint density at radius 2 is 2.16 bits per heavy atom. The number of hydrogen-bond acceptors (Lipinski definition) is 3. The van der Waals surface area contributed by atoms with Gasteiger partial charge in [-0.2, -0.15) is 0 Å². The van der Waals surface area contributed by atoms with Crippen molar-refractivity contribution in [3.8, 4) is 5.75 Å². The molecular weight excluding hydrogens is 247 g/mol. The summed E-state index contributed by atoms with van der Waals surface area (Å²) in [6.07, 6.45) is 0.334. The minimum absolute atomic E-state index is 0.109. The van der Waals surface area contributed by atoms with Crippen LogP contribution in [-0.2, 0) is 11.3 Å². The van der Waals surface area contributed by atoms with Gasteiger partial charge in [-0.25, -0.2) is 4.39 Å². The summed E-state index contributed by atoms with van der Waals surface area (Å²) < 4.78 is 18.3. The van der Waals surface area contributed by atoms with E-state index in [-0.39, 0.29) is 23.7 Å². The molecule has 0 heterocycles. The summed E-state index contributed by atoms with van der Waals surface area (Å²) in [4.78, 5) is 11.8. The number of halogens is 1. The molecule has 0 unspecified atom stereocenters. The molecule has 0 aromatic heterocycles. The summed E-state index contributed by atoms with van der Waals surface area (Å²) >= 11 is 0. The van der Waals surface area contributed by atoms with Crippen molar-refractivity contribution < 1.29 is 13.9 Å². The van der Waals surface area contributed by atoms with Gasteiger partial charge in [0.2, 0.25) is 5.91 Å². The fraction of sp³-hybridized carbons (Fsp3) is 0.500. The van der Waals surface area contributed by atoms with Crippen LogP contribution in [0.5, 0.6) is 5.75 Å². The molecule has 19 heavy (non-hydrogen) atoms. The minimum Gasteiger partial charge on any atom is -0.496 e. The largest absolute Gasteiger partial charge is 0.496 e. The van der Waals surface area contributed by atoms with Crippen LogP contribution in [0, 0.1) is 11.2 Å². The molecule has 0 fully saturated rings. The van der Waals surface area contributed by atoms with Crippen LogP contribution in [0.25, 0.3) is 0 Å². The van der Waals surface area contributed by atoms with Crippen molar-refractivity contribution in [2.45, 2.75) is 26.8 Å². The summed E-state index contributed by atoms with van der Waals surface area (Å²) in [5.41, 5.74) is 5.95. The van der Waals surface area contributed by atoms with Gasteiger partial charge in [-0.3, -0.25) is 4.79 Å². The van der Waals surface area contributed by atoms with Gasteiger partial charge < -0.3 is 15.8 Å². The molecule has 0 aliphatic carbocycles. The predicted octanol–water partition coefficient (Wildman–Crippen LogP) is 1.83. The van der Waals surface area contributed by atoms with E-state index in [1.165, 1.54) is 19.2 Å². The Hall–Kier alpha value is -1.62. The first-order valence-corrected chi connectivity index (χ1v) is 6.17. The number of ether oxygens (including phenoxy) is 1. The Bertz CT molecular complexity index is 447. The number of benzene rings is 1. The zero-order valence-electron chi connectivity index (χ0n) is 11.6. The van der Waals surface area contributed by atoms with Crippen molar-refractivity contribution >= 4 is 5.91 Å². The molecule has 1 rings (SSSR count). The number of nitrogens with two attached hydrogens (primary N) is 1. The molecular formula is C14H21FN2O2. The van der Waals surface area contributed by atoms with Crippen LogP contribution in [-0.4, -0.2) is 19.6 Å². The van der Waals surface area contributed by atoms with Crippen LogP contribution in [0.3, 0.4) is 0 Å². The summed E-state index contributed by atoms with van der Waals surface area (Å²) in [6.45, 7) is 4.52. The molecule has 0 aliphatic heterocycles. The van der Waals surface area contributed by atoms with Crippen LogP contribution >= 0.6 is 0 Å². The van der Waals surface area contributed by atoms with Crippen LogP contribution < -0.4 is 15.8 Å². The van der Waals surface area contributed by atoms with E-state index in [9.17, 15) is 9.18 Å². The molecule has 0 radical (unpaired) electrons. The van der Waals surface area contributed by atoms with Gasteiger partial charge in [0, 0.05) is 18.5 Å². The zero-order chi connectivity index (χ0) is 14.5. The minimum atomic E-state index is -0.354. The average Bonchev–Trinajstić information content (AvgIpc) is 2.36. The molecule has 0 spiro atoms. The Balaban J connectivity index is 2.62. The summed E-state index contributed by atoms with van der Waals surface area (Å²) in [5.74, 6) is 0.0916. The summed E-state index contributed by atoms with van der Waals surface area (Å²) in [5, 5.41) is 2.75.